The highest BCUT2D eigenvalue weighted by atomic mass is 32.1. The van der Waals surface area contributed by atoms with E-state index in [0.29, 0.717) is 11.8 Å². The van der Waals surface area contributed by atoms with Crippen LogP contribution in [-0.4, -0.2) is 10.2 Å². The molecule has 0 unspecified atom stereocenters. The van der Waals surface area contributed by atoms with Crippen LogP contribution in [0.15, 0.2) is 64.4 Å². The van der Waals surface area contributed by atoms with Crippen molar-refractivity contribution in [2.75, 3.05) is 0 Å². The fourth-order valence-electron chi connectivity index (χ4n) is 2.36. The monoisotopic (exact) mass is 304 g/mol. The van der Waals surface area contributed by atoms with Crippen molar-refractivity contribution in [1.29, 1.82) is 0 Å². The van der Waals surface area contributed by atoms with Crippen LogP contribution in [0, 0.1) is 0 Å². The summed E-state index contributed by atoms with van der Waals surface area (Å²) >= 11 is 1.59. The minimum atomic E-state index is 0.510. The van der Waals surface area contributed by atoms with E-state index in [9.17, 15) is 0 Å². The smallest absolute Gasteiger partial charge is 0.258 e. The third kappa shape index (κ3) is 2.44. The van der Waals surface area contributed by atoms with E-state index in [1.54, 1.807) is 11.3 Å². The molecule has 22 heavy (non-hydrogen) atoms. The van der Waals surface area contributed by atoms with Gasteiger partial charge in [0.25, 0.3) is 5.89 Å². The second-order valence-electron chi connectivity index (χ2n) is 4.82. The third-order valence-electron chi connectivity index (χ3n) is 3.40. The van der Waals surface area contributed by atoms with Gasteiger partial charge in [-0.15, -0.1) is 21.5 Å². The van der Waals surface area contributed by atoms with Crippen molar-refractivity contribution >= 4 is 34.3 Å². The standard InChI is InChI=1S/C18H12N2OS/c1-2-8-15-13(5-1)6-3-7-14(15)10-11-17-19-20-18(21-17)16-9-4-12-22-16/h1-12H/b11-10-. The average molecular weight is 304 g/mol. The van der Waals surface area contributed by atoms with Crippen LogP contribution >= 0.6 is 11.3 Å². The summed E-state index contributed by atoms with van der Waals surface area (Å²) in [6.07, 6.45) is 3.86. The molecule has 0 amide bonds. The Kier molecular flexibility index (Phi) is 3.29. The SMILES string of the molecule is C(=C/c1cccc2ccccc12)/c1nnc(-c2cccs2)o1. The maximum atomic E-state index is 5.66. The number of aromatic nitrogens is 2. The summed E-state index contributed by atoms with van der Waals surface area (Å²) < 4.78 is 5.66. The van der Waals surface area contributed by atoms with Gasteiger partial charge in [0.15, 0.2) is 0 Å². The first-order valence-corrected chi connectivity index (χ1v) is 7.81. The summed E-state index contributed by atoms with van der Waals surface area (Å²) in [6.45, 7) is 0. The Morgan fingerprint density at radius 1 is 0.864 bits per heavy atom. The zero-order valence-electron chi connectivity index (χ0n) is 11.6. The first kappa shape index (κ1) is 13.0. The molecule has 0 saturated heterocycles. The maximum Gasteiger partial charge on any atom is 0.258 e. The molecule has 4 heteroatoms. The number of hydrogen-bond donors (Lipinski definition) is 0. The van der Waals surface area contributed by atoms with Crippen LogP contribution in [-0.2, 0) is 0 Å². The van der Waals surface area contributed by atoms with Gasteiger partial charge in [-0.25, -0.2) is 0 Å². The molecule has 0 fully saturated rings. The summed E-state index contributed by atoms with van der Waals surface area (Å²) in [5, 5.41) is 12.6. The van der Waals surface area contributed by atoms with Crippen molar-refractivity contribution in [1.82, 2.24) is 10.2 Å². The maximum absolute atomic E-state index is 5.66. The second kappa shape index (κ2) is 5.58. The van der Waals surface area contributed by atoms with E-state index in [0.717, 1.165) is 10.4 Å². The van der Waals surface area contributed by atoms with Crippen molar-refractivity contribution in [2.45, 2.75) is 0 Å². The Balaban J connectivity index is 1.66. The van der Waals surface area contributed by atoms with Gasteiger partial charge >= 0.3 is 0 Å². The molecule has 0 aliphatic carbocycles. The molecule has 0 spiro atoms. The minimum absolute atomic E-state index is 0.510. The summed E-state index contributed by atoms with van der Waals surface area (Å²) in [6, 6.07) is 18.5. The van der Waals surface area contributed by atoms with Crippen molar-refractivity contribution < 1.29 is 4.42 Å². The van der Waals surface area contributed by atoms with Crippen LogP contribution in [0.5, 0.6) is 0 Å². The van der Waals surface area contributed by atoms with Crippen LogP contribution < -0.4 is 0 Å². The molecule has 2 aromatic heterocycles. The number of benzene rings is 2. The van der Waals surface area contributed by atoms with E-state index in [2.05, 4.69) is 34.5 Å². The Bertz CT molecular complexity index is 933. The molecule has 106 valence electrons. The number of thiophene rings is 1. The highest BCUT2D eigenvalue weighted by Crippen LogP contribution is 2.24. The summed E-state index contributed by atoms with van der Waals surface area (Å²) in [7, 11) is 0. The molecule has 2 aromatic carbocycles. The molecule has 0 saturated carbocycles. The zero-order valence-corrected chi connectivity index (χ0v) is 12.5. The lowest BCUT2D eigenvalue weighted by molar-refractivity contribution is 0.559. The van der Waals surface area contributed by atoms with Gasteiger partial charge in [-0.3, -0.25) is 0 Å². The highest BCUT2D eigenvalue weighted by Gasteiger charge is 2.07. The summed E-state index contributed by atoms with van der Waals surface area (Å²) in [5.74, 6) is 1.07. The van der Waals surface area contributed by atoms with Gasteiger partial charge in [-0.1, -0.05) is 48.5 Å². The first-order valence-electron chi connectivity index (χ1n) is 6.93. The molecule has 0 aliphatic heterocycles. The quantitative estimate of drug-likeness (QED) is 0.527. The minimum Gasteiger partial charge on any atom is -0.416 e. The van der Waals surface area contributed by atoms with E-state index in [1.165, 1.54) is 10.8 Å². The Morgan fingerprint density at radius 2 is 1.77 bits per heavy atom. The number of rotatable bonds is 3. The van der Waals surface area contributed by atoms with Gasteiger partial charge in [-0.2, -0.15) is 0 Å². The molecule has 0 atom stereocenters. The van der Waals surface area contributed by atoms with Gasteiger partial charge in [-0.05, 0) is 33.9 Å². The van der Waals surface area contributed by atoms with Gasteiger partial charge in [0.1, 0.15) is 0 Å². The van der Waals surface area contributed by atoms with Crippen molar-refractivity contribution in [2.24, 2.45) is 0 Å². The Hall–Kier alpha value is -2.72. The number of hydrogen-bond acceptors (Lipinski definition) is 4. The molecule has 0 N–H and O–H groups in total. The van der Waals surface area contributed by atoms with Crippen LogP contribution in [0.3, 0.4) is 0 Å². The van der Waals surface area contributed by atoms with Crippen molar-refractivity contribution in [3.63, 3.8) is 0 Å². The van der Waals surface area contributed by atoms with Gasteiger partial charge in [0.2, 0.25) is 5.89 Å². The van der Waals surface area contributed by atoms with Gasteiger partial charge < -0.3 is 4.42 Å². The largest absolute Gasteiger partial charge is 0.416 e. The molecule has 0 aliphatic rings. The van der Waals surface area contributed by atoms with E-state index in [4.69, 9.17) is 4.42 Å². The lowest BCUT2D eigenvalue weighted by atomic mass is 10.0. The zero-order chi connectivity index (χ0) is 14.8. The van der Waals surface area contributed by atoms with Gasteiger partial charge in [0, 0.05) is 6.08 Å². The van der Waals surface area contributed by atoms with Crippen LogP contribution in [0.4, 0.5) is 0 Å². The fourth-order valence-corrected chi connectivity index (χ4v) is 3.00. The lowest BCUT2D eigenvalue weighted by Gasteiger charge is -2.00. The first-order chi connectivity index (χ1) is 10.9. The predicted molar refractivity (Wildman–Crippen MR) is 90.5 cm³/mol. The predicted octanol–water partition coefficient (Wildman–Crippen LogP) is 5.12. The highest BCUT2D eigenvalue weighted by molar-refractivity contribution is 7.13. The van der Waals surface area contributed by atoms with Crippen LogP contribution in [0.25, 0.3) is 33.7 Å². The van der Waals surface area contributed by atoms with E-state index in [1.807, 2.05) is 47.9 Å². The van der Waals surface area contributed by atoms with E-state index >= 15 is 0 Å². The lowest BCUT2D eigenvalue weighted by Crippen LogP contribution is -1.77. The molecule has 2 heterocycles. The van der Waals surface area contributed by atoms with Crippen molar-refractivity contribution in [3.8, 4) is 10.8 Å². The normalized spacial score (nSPS) is 11.5. The number of nitrogens with zero attached hydrogens (tertiary/aromatic N) is 2. The Labute approximate surface area is 131 Å². The Morgan fingerprint density at radius 3 is 2.68 bits per heavy atom. The van der Waals surface area contributed by atoms with Gasteiger partial charge in [0.05, 0.1) is 4.88 Å². The molecule has 3 nitrogen and oxygen atoms in total. The molecular formula is C18H12N2OS. The molecule has 0 radical (unpaired) electrons. The number of fused-ring (bicyclic) bond motifs is 1. The van der Waals surface area contributed by atoms with Crippen LogP contribution in [0.1, 0.15) is 11.5 Å². The van der Waals surface area contributed by atoms with E-state index < -0.39 is 0 Å². The fraction of sp³-hybridized carbons (Fsp3) is 0. The second-order valence-corrected chi connectivity index (χ2v) is 5.77. The average Bonchev–Trinajstić information content (AvgIpc) is 3.24. The molecular weight excluding hydrogens is 292 g/mol. The summed E-state index contributed by atoms with van der Waals surface area (Å²) in [5.41, 5.74) is 1.13. The van der Waals surface area contributed by atoms with Crippen molar-refractivity contribution in [3.05, 3.63) is 71.4 Å². The molecule has 4 rings (SSSR count). The third-order valence-corrected chi connectivity index (χ3v) is 4.26. The van der Waals surface area contributed by atoms with Crippen LogP contribution in [0.2, 0.25) is 0 Å². The summed E-state index contributed by atoms with van der Waals surface area (Å²) in [4.78, 5) is 0.984. The molecule has 4 aromatic rings. The molecule has 0 bridgehead atoms. The topological polar surface area (TPSA) is 38.9 Å². The van der Waals surface area contributed by atoms with E-state index in [-0.39, 0.29) is 0 Å².